The predicted molar refractivity (Wildman–Crippen MR) is 67.5 cm³/mol. The summed E-state index contributed by atoms with van der Waals surface area (Å²) < 4.78 is 10.4. The molecule has 3 heteroatoms. The van der Waals surface area contributed by atoms with Gasteiger partial charge >= 0.3 is 0 Å². The number of anilines is 1. The van der Waals surface area contributed by atoms with Crippen LogP contribution in [0.2, 0.25) is 0 Å². The average molecular weight is 221 g/mol. The molecule has 0 aliphatic heterocycles. The van der Waals surface area contributed by atoms with Gasteiger partial charge in [0.1, 0.15) is 0 Å². The lowest BCUT2D eigenvalue weighted by atomic mass is 10.2. The molecule has 88 valence electrons. The molecule has 3 nitrogen and oxygen atoms in total. The number of nitrogens with one attached hydrogen (secondary N) is 1. The highest BCUT2D eigenvalue weighted by atomic mass is 16.5. The van der Waals surface area contributed by atoms with Crippen molar-refractivity contribution in [1.82, 2.24) is 0 Å². The number of rotatable bonds is 5. The predicted octanol–water partition coefficient (Wildman–Crippen LogP) is 3.08. The molecule has 0 aromatic heterocycles. The molecule has 0 saturated carbocycles. The fourth-order valence-electron chi connectivity index (χ4n) is 1.32. The van der Waals surface area contributed by atoms with E-state index in [1.807, 2.05) is 18.2 Å². The Labute approximate surface area is 97.1 Å². The lowest BCUT2D eigenvalue weighted by Crippen LogP contribution is -1.99. The molecule has 0 radical (unpaired) electrons. The van der Waals surface area contributed by atoms with E-state index in [2.05, 4.69) is 25.2 Å². The second-order valence-electron chi connectivity index (χ2n) is 3.73. The monoisotopic (exact) mass is 221 g/mol. The van der Waals surface area contributed by atoms with Crippen molar-refractivity contribution in [3.63, 3.8) is 0 Å². The summed E-state index contributed by atoms with van der Waals surface area (Å²) in [6.07, 6.45) is 2.14. The van der Waals surface area contributed by atoms with Crippen molar-refractivity contribution >= 4 is 5.69 Å². The quantitative estimate of drug-likeness (QED) is 0.775. The topological polar surface area (TPSA) is 30.5 Å². The molecule has 0 atom stereocenters. The maximum Gasteiger partial charge on any atom is 0.162 e. The molecule has 0 aliphatic rings. The second-order valence-corrected chi connectivity index (χ2v) is 3.73. The van der Waals surface area contributed by atoms with E-state index in [-0.39, 0.29) is 0 Å². The summed E-state index contributed by atoms with van der Waals surface area (Å²) in [5.74, 6) is 1.49. The van der Waals surface area contributed by atoms with Gasteiger partial charge in [-0.05, 0) is 26.0 Å². The largest absolute Gasteiger partial charge is 0.493 e. The molecule has 0 bridgehead atoms. The van der Waals surface area contributed by atoms with Crippen molar-refractivity contribution in [1.29, 1.82) is 0 Å². The van der Waals surface area contributed by atoms with Gasteiger partial charge in [-0.2, -0.15) is 0 Å². The van der Waals surface area contributed by atoms with Crippen molar-refractivity contribution in [3.05, 3.63) is 29.8 Å². The Bertz CT molecular complexity index is 368. The van der Waals surface area contributed by atoms with Crippen molar-refractivity contribution in [2.75, 3.05) is 26.1 Å². The van der Waals surface area contributed by atoms with Crippen LogP contribution >= 0.6 is 0 Å². The van der Waals surface area contributed by atoms with Crippen LogP contribution in [0, 0.1) is 0 Å². The Hall–Kier alpha value is -1.64. The van der Waals surface area contributed by atoms with Crippen LogP contribution in [0.5, 0.6) is 11.5 Å². The van der Waals surface area contributed by atoms with Gasteiger partial charge in [-0.25, -0.2) is 0 Å². The van der Waals surface area contributed by atoms with E-state index in [0.29, 0.717) is 0 Å². The molecular weight excluding hydrogens is 202 g/mol. The molecular formula is C13H19NO2. The van der Waals surface area contributed by atoms with E-state index in [9.17, 15) is 0 Å². The zero-order valence-electron chi connectivity index (χ0n) is 10.3. The van der Waals surface area contributed by atoms with Crippen molar-refractivity contribution in [2.45, 2.75) is 13.8 Å². The van der Waals surface area contributed by atoms with Gasteiger partial charge in [-0.3, -0.25) is 0 Å². The summed E-state index contributed by atoms with van der Waals surface area (Å²) in [7, 11) is 3.27. The number of methoxy groups -OCH3 is 2. The van der Waals surface area contributed by atoms with Gasteiger partial charge in [0.25, 0.3) is 0 Å². The number of hydrogen-bond donors (Lipinski definition) is 1. The van der Waals surface area contributed by atoms with Crippen LogP contribution in [0.25, 0.3) is 0 Å². The number of benzene rings is 1. The van der Waals surface area contributed by atoms with Crippen LogP contribution in [-0.4, -0.2) is 20.8 Å². The first-order valence-corrected chi connectivity index (χ1v) is 5.26. The van der Waals surface area contributed by atoms with E-state index in [0.717, 1.165) is 23.7 Å². The van der Waals surface area contributed by atoms with Crippen LogP contribution in [0.1, 0.15) is 13.8 Å². The molecule has 0 unspecified atom stereocenters. The van der Waals surface area contributed by atoms with Crippen molar-refractivity contribution < 1.29 is 9.47 Å². The molecule has 1 aromatic rings. The van der Waals surface area contributed by atoms with E-state index in [1.54, 1.807) is 14.2 Å². The smallest absolute Gasteiger partial charge is 0.162 e. The number of hydrogen-bond acceptors (Lipinski definition) is 3. The van der Waals surface area contributed by atoms with Crippen LogP contribution in [0.4, 0.5) is 5.69 Å². The first-order chi connectivity index (χ1) is 7.67. The van der Waals surface area contributed by atoms with Crippen LogP contribution in [-0.2, 0) is 0 Å². The van der Waals surface area contributed by atoms with Gasteiger partial charge in [-0.1, -0.05) is 11.6 Å². The minimum absolute atomic E-state index is 0.740. The van der Waals surface area contributed by atoms with E-state index in [4.69, 9.17) is 9.47 Å². The molecule has 0 spiro atoms. The first kappa shape index (κ1) is 12.4. The van der Waals surface area contributed by atoms with Crippen molar-refractivity contribution in [2.24, 2.45) is 0 Å². The van der Waals surface area contributed by atoms with Crippen LogP contribution in [0.3, 0.4) is 0 Å². The van der Waals surface area contributed by atoms with Gasteiger partial charge in [0, 0.05) is 18.3 Å². The highest BCUT2D eigenvalue weighted by Gasteiger charge is 2.03. The zero-order valence-corrected chi connectivity index (χ0v) is 10.3. The molecule has 1 N–H and O–H groups in total. The van der Waals surface area contributed by atoms with E-state index < -0.39 is 0 Å². The Morgan fingerprint density at radius 3 is 2.44 bits per heavy atom. The maximum absolute atomic E-state index is 5.22. The van der Waals surface area contributed by atoms with Crippen molar-refractivity contribution in [3.8, 4) is 11.5 Å². The zero-order chi connectivity index (χ0) is 12.0. The van der Waals surface area contributed by atoms with Crippen LogP contribution < -0.4 is 14.8 Å². The molecule has 0 saturated heterocycles. The second kappa shape index (κ2) is 6.05. The Kier molecular flexibility index (Phi) is 4.70. The summed E-state index contributed by atoms with van der Waals surface area (Å²) >= 11 is 0. The van der Waals surface area contributed by atoms with Gasteiger partial charge in [-0.15, -0.1) is 0 Å². The molecule has 16 heavy (non-hydrogen) atoms. The molecule has 0 amide bonds. The molecule has 0 heterocycles. The summed E-state index contributed by atoms with van der Waals surface area (Å²) in [5.41, 5.74) is 2.32. The van der Waals surface area contributed by atoms with E-state index >= 15 is 0 Å². The van der Waals surface area contributed by atoms with Gasteiger partial charge in [0.15, 0.2) is 11.5 Å². The third-order valence-electron chi connectivity index (χ3n) is 2.20. The lowest BCUT2D eigenvalue weighted by molar-refractivity contribution is 0.355. The standard InChI is InChI=1S/C13H19NO2/c1-10(2)7-8-14-11-5-6-12(15-3)13(9-11)16-4/h5-7,9,14H,8H2,1-4H3. The molecule has 0 fully saturated rings. The fraction of sp³-hybridized carbons (Fsp3) is 0.385. The SMILES string of the molecule is COc1ccc(NCC=C(C)C)cc1OC. The summed E-state index contributed by atoms with van der Waals surface area (Å²) in [4.78, 5) is 0. The molecule has 1 aromatic carbocycles. The highest BCUT2D eigenvalue weighted by molar-refractivity contribution is 5.54. The van der Waals surface area contributed by atoms with Gasteiger partial charge < -0.3 is 14.8 Å². The molecule has 1 rings (SSSR count). The average Bonchev–Trinajstić information content (AvgIpc) is 2.28. The first-order valence-electron chi connectivity index (χ1n) is 5.26. The summed E-state index contributed by atoms with van der Waals surface area (Å²) in [6.45, 7) is 4.98. The normalized spacial score (nSPS) is 9.50. The minimum atomic E-state index is 0.740. The Balaban J connectivity index is 2.71. The molecule has 0 aliphatic carbocycles. The maximum atomic E-state index is 5.22. The minimum Gasteiger partial charge on any atom is -0.493 e. The number of ether oxygens (including phenoxy) is 2. The fourth-order valence-corrected chi connectivity index (χ4v) is 1.32. The van der Waals surface area contributed by atoms with Gasteiger partial charge in [0.05, 0.1) is 14.2 Å². The number of allylic oxidation sites excluding steroid dienone is 1. The highest BCUT2D eigenvalue weighted by Crippen LogP contribution is 2.29. The van der Waals surface area contributed by atoms with E-state index in [1.165, 1.54) is 5.57 Å². The summed E-state index contributed by atoms with van der Waals surface area (Å²) in [6, 6.07) is 5.79. The van der Waals surface area contributed by atoms with Gasteiger partial charge in [0.2, 0.25) is 0 Å². The Morgan fingerprint density at radius 1 is 1.19 bits per heavy atom. The third kappa shape index (κ3) is 3.50. The van der Waals surface area contributed by atoms with Crippen LogP contribution in [0.15, 0.2) is 29.8 Å². The summed E-state index contributed by atoms with van der Waals surface area (Å²) in [5, 5.41) is 3.29. The Morgan fingerprint density at radius 2 is 1.88 bits per heavy atom. The lowest BCUT2D eigenvalue weighted by Gasteiger charge is -2.10. The third-order valence-corrected chi connectivity index (χ3v) is 2.20.